The van der Waals surface area contributed by atoms with Gasteiger partial charge in [0.05, 0.1) is 11.9 Å². The molecule has 86 valence electrons. The molecule has 0 amide bonds. The minimum Gasteiger partial charge on any atom is -0.260 e. The van der Waals surface area contributed by atoms with Crippen LogP contribution in [0.4, 0.5) is 5.82 Å². The van der Waals surface area contributed by atoms with E-state index in [2.05, 4.69) is 20.7 Å². The normalized spacial score (nSPS) is 10.7. The van der Waals surface area contributed by atoms with E-state index in [-0.39, 0.29) is 0 Å². The van der Waals surface area contributed by atoms with Crippen molar-refractivity contribution in [2.45, 2.75) is 13.8 Å². The van der Waals surface area contributed by atoms with Crippen molar-refractivity contribution in [3.8, 4) is 0 Å². The molecular weight excluding hydrogens is 212 g/mol. The maximum atomic E-state index is 4.12. The molecule has 0 aliphatic heterocycles. The zero-order valence-corrected chi connectivity index (χ0v) is 9.88. The van der Waals surface area contributed by atoms with Crippen LogP contribution in [0.5, 0.6) is 0 Å². The molecule has 0 bridgehead atoms. The van der Waals surface area contributed by atoms with Crippen LogP contribution in [0.3, 0.4) is 0 Å². The standard InChI is InChI=1S/C13H14N4/c1-10-8-11(2)15-17-13(10)16-14-9-12-6-4-3-5-7-12/h3-9H,1-2H3,(H,16,17). The van der Waals surface area contributed by atoms with E-state index in [0.717, 1.165) is 16.8 Å². The molecule has 0 fully saturated rings. The van der Waals surface area contributed by atoms with Crippen molar-refractivity contribution in [3.05, 3.63) is 53.2 Å². The molecule has 2 rings (SSSR count). The van der Waals surface area contributed by atoms with Crippen molar-refractivity contribution in [3.63, 3.8) is 0 Å². The summed E-state index contributed by atoms with van der Waals surface area (Å²) in [5, 5.41) is 12.1. The Morgan fingerprint density at radius 2 is 1.88 bits per heavy atom. The van der Waals surface area contributed by atoms with Gasteiger partial charge in [-0.2, -0.15) is 10.2 Å². The Bertz CT molecular complexity index is 520. The van der Waals surface area contributed by atoms with Gasteiger partial charge in [-0.15, -0.1) is 5.10 Å². The van der Waals surface area contributed by atoms with Crippen LogP contribution in [0.1, 0.15) is 16.8 Å². The lowest BCUT2D eigenvalue weighted by molar-refractivity contribution is 0.962. The van der Waals surface area contributed by atoms with Gasteiger partial charge in [-0.05, 0) is 31.0 Å². The predicted octanol–water partition coefficient (Wildman–Crippen LogP) is 2.54. The molecule has 0 saturated heterocycles. The molecule has 4 heteroatoms. The molecule has 0 unspecified atom stereocenters. The van der Waals surface area contributed by atoms with Gasteiger partial charge in [-0.3, -0.25) is 5.43 Å². The van der Waals surface area contributed by atoms with Crippen LogP contribution in [0, 0.1) is 13.8 Å². The summed E-state index contributed by atoms with van der Waals surface area (Å²) in [4.78, 5) is 0. The van der Waals surface area contributed by atoms with Crippen LogP contribution in [-0.2, 0) is 0 Å². The summed E-state index contributed by atoms with van der Waals surface area (Å²) in [6.07, 6.45) is 1.75. The van der Waals surface area contributed by atoms with E-state index in [1.165, 1.54) is 0 Å². The molecule has 1 aromatic carbocycles. The highest BCUT2D eigenvalue weighted by Gasteiger charge is 1.98. The highest BCUT2D eigenvalue weighted by Crippen LogP contribution is 2.09. The van der Waals surface area contributed by atoms with Crippen LogP contribution in [0.25, 0.3) is 0 Å². The fourth-order valence-electron chi connectivity index (χ4n) is 1.44. The second kappa shape index (κ2) is 5.21. The molecule has 2 aromatic rings. The lowest BCUT2D eigenvalue weighted by Crippen LogP contribution is -1.99. The molecule has 0 aliphatic carbocycles. The monoisotopic (exact) mass is 226 g/mol. The number of rotatable bonds is 3. The maximum absolute atomic E-state index is 4.12. The van der Waals surface area contributed by atoms with E-state index in [1.54, 1.807) is 6.21 Å². The van der Waals surface area contributed by atoms with Gasteiger partial charge in [0, 0.05) is 0 Å². The highest BCUT2D eigenvalue weighted by molar-refractivity contribution is 5.79. The largest absolute Gasteiger partial charge is 0.260 e. The number of hydrogen-bond acceptors (Lipinski definition) is 4. The molecule has 4 nitrogen and oxygen atoms in total. The minimum atomic E-state index is 0.683. The van der Waals surface area contributed by atoms with Gasteiger partial charge >= 0.3 is 0 Å². The topological polar surface area (TPSA) is 50.2 Å². The first-order valence-electron chi connectivity index (χ1n) is 5.41. The Morgan fingerprint density at radius 1 is 1.12 bits per heavy atom. The number of hydrazone groups is 1. The summed E-state index contributed by atoms with van der Waals surface area (Å²) < 4.78 is 0. The number of aryl methyl sites for hydroxylation is 2. The molecule has 0 saturated carbocycles. The molecular formula is C13H14N4. The predicted molar refractivity (Wildman–Crippen MR) is 69.2 cm³/mol. The van der Waals surface area contributed by atoms with Gasteiger partial charge < -0.3 is 0 Å². The highest BCUT2D eigenvalue weighted by atomic mass is 15.3. The fraction of sp³-hybridized carbons (Fsp3) is 0.154. The smallest absolute Gasteiger partial charge is 0.171 e. The molecule has 0 spiro atoms. The first-order chi connectivity index (χ1) is 8.25. The summed E-state index contributed by atoms with van der Waals surface area (Å²) >= 11 is 0. The molecule has 1 aromatic heterocycles. The number of benzene rings is 1. The lowest BCUT2D eigenvalue weighted by atomic mass is 10.2. The van der Waals surface area contributed by atoms with Crippen molar-refractivity contribution >= 4 is 12.0 Å². The number of nitrogens with one attached hydrogen (secondary N) is 1. The molecule has 0 radical (unpaired) electrons. The first kappa shape index (κ1) is 11.3. The van der Waals surface area contributed by atoms with Crippen LogP contribution < -0.4 is 5.43 Å². The summed E-state index contributed by atoms with van der Waals surface area (Å²) in [5.41, 5.74) is 5.86. The Morgan fingerprint density at radius 3 is 2.59 bits per heavy atom. The van der Waals surface area contributed by atoms with Gasteiger partial charge in [0.25, 0.3) is 0 Å². The van der Waals surface area contributed by atoms with Crippen molar-refractivity contribution < 1.29 is 0 Å². The molecule has 1 N–H and O–H groups in total. The van der Waals surface area contributed by atoms with Crippen molar-refractivity contribution in [2.75, 3.05) is 5.43 Å². The van der Waals surface area contributed by atoms with E-state index in [9.17, 15) is 0 Å². The summed E-state index contributed by atoms with van der Waals surface area (Å²) in [6.45, 7) is 3.89. The third-order valence-electron chi connectivity index (χ3n) is 2.29. The third-order valence-corrected chi connectivity index (χ3v) is 2.29. The number of nitrogens with zero attached hydrogens (tertiary/aromatic N) is 3. The Hall–Kier alpha value is -2.23. The second-order valence-corrected chi connectivity index (χ2v) is 3.80. The summed E-state index contributed by atoms with van der Waals surface area (Å²) in [7, 11) is 0. The van der Waals surface area contributed by atoms with Gasteiger partial charge in [-0.25, -0.2) is 0 Å². The average Bonchev–Trinajstić information content (AvgIpc) is 2.33. The van der Waals surface area contributed by atoms with Crippen LogP contribution in [0.15, 0.2) is 41.5 Å². The average molecular weight is 226 g/mol. The Labute approximate surface area is 100 Å². The van der Waals surface area contributed by atoms with Gasteiger partial charge in [0.1, 0.15) is 0 Å². The second-order valence-electron chi connectivity index (χ2n) is 3.80. The summed E-state index contributed by atoms with van der Waals surface area (Å²) in [5.74, 6) is 0.683. The van der Waals surface area contributed by atoms with Crippen LogP contribution in [0.2, 0.25) is 0 Å². The quantitative estimate of drug-likeness (QED) is 0.646. The van der Waals surface area contributed by atoms with E-state index in [1.807, 2.05) is 50.2 Å². The van der Waals surface area contributed by atoms with E-state index >= 15 is 0 Å². The van der Waals surface area contributed by atoms with Crippen molar-refractivity contribution in [1.82, 2.24) is 10.2 Å². The SMILES string of the molecule is Cc1cc(C)c(NN=Cc2ccccc2)nn1. The van der Waals surface area contributed by atoms with Gasteiger partial charge in [0.15, 0.2) is 5.82 Å². The fourth-order valence-corrected chi connectivity index (χ4v) is 1.44. The van der Waals surface area contributed by atoms with Gasteiger partial charge in [-0.1, -0.05) is 30.3 Å². The Kier molecular flexibility index (Phi) is 3.45. The van der Waals surface area contributed by atoms with E-state index < -0.39 is 0 Å². The van der Waals surface area contributed by atoms with Gasteiger partial charge in [0.2, 0.25) is 0 Å². The van der Waals surface area contributed by atoms with Crippen LogP contribution in [-0.4, -0.2) is 16.4 Å². The first-order valence-corrected chi connectivity index (χ1v) is 5.41. The molecule has 0 aliphatic rings. The number of aromatic nitrogens is 2. The zero-order valence-electron chi connectivity index (χ0n) is 9.88. The van der Waals surface area contributed by atoms with Crippen molar-refractivity contribution in [2.24, 2.45) is 5.10 Å². The van der Waals surface area contributed by atoms with E-state index in [4.69, 9.17) is 0 Å². The maximum Gasteiger partial charge on any atom is 0.171 e. The van der Waals surface area contributed by atoms with Crippen molar-refractivity contribution in [1.29, 1.82) is 0 Å². The Balaban J connectivity index is 2.05. The molecule has 17 heavy (non-hydrogen) atoms. The number of hydrogen-bond donors (Lipinski definition) is 1. The third kappa shape index (κ3) is 3.11. The lowest BCUT2D eigenvalue weighted by Gasteiger charge is -2.02. The molecule has 1 heterocycles. The van der Waals surface area contributed by atoms with Crippen LogP contribution >= 0.6 is 0 Å². The van der Waals surface area contributed by atoms with E-state index in [0.29, 0.717) is 5.82 Å². The molecule has 0 atom stereocenters. The minimum absolute atomic E-state index is 0.683. The number of anilines is 1. The zero-order chi connectivity index (χ0) is 12.1. The summed E-state index contributed by atoms with van der Waals surface area (Å²) in [6, 6.07) is 11.8.